The van der Waals surface area contributed by atoms with E-state index in [1.807, 2.05) is 30.5 Å². The van der Waals surface area contributed by atoms with Crippen molar-refractivity contribution in [1.82, 2.24) is 19.4 Å². The number of nitrogens with one attached hydrogen (secondary N) is 1. The van der Waals surface area contributed by atoms with Crippen molar-refractivity contribution in [3.8, 4) is 0 Å². The predicted molar refractivity (Wildman–Crippen MR) is 127 cm³/mol. The first kappa shape index (κ1) is 20.9. The van der Waals surface area contributed by atoms with Gasteiger partial charge >= 0.3 is 0 Å². The maximum absolute atomic E-state index is 9.55. The van der Waals surface area contributed by atoms with Crippen molar-refractivity contribution in [1.29, 1.82) is 0 Å². The Kier molecular flexibility index (Phi) is 6.29. The lowest BCUT2D eigenvalue weighted by Crippen LogP contribution is -2.37. The van der Waals surface area contributed by atoms with Crippen molar-refractivity contribution < 1.29 is 9.84 Å². The molecule has 0 radical (unpaired) electrons. The minimum absolute atomic E-state index is 0.0123. The Morgan fingerprint density at radius 1 is 1.06 bits per heavy atom. The van der Waals surface area contributed by atoms with Gasteiger partial charge in [0.2, 0.25) is 5.95 Å². The van der Waals surface area contributed by atoms with Crippen LogP contribution in [0.4, 0.5) is 5.95 Å². The molecule has 2 aromatic heterocycles. The molecule has 0 bridgehead atoms. The number of ether oxygens (including phenoxy) is 1. The molecule has 1 aliphatic rings. The number of fused-ring (bicyclic) bond motifs is 2. The van der Waals surface area contributed by atoms with Crippen LogP contribution in [0.2, 0.25) is 0 Å². The number of aromatic nitrogens is 3. The van der Waals surface area contributed by atoms with E-state index in [2.05, 4.69) is 44.0 Å². The van der Waals surface area contributed by atoms with E-state index < -0.39 is 0 Å². The van der Waals surface area contributed by atoms with Gasteiger partial charge in [-0.1, -0.05) is 30.3 Å². The number of hydrogen-bond acceptors (Lipinski definition) is 6. The Balaban J connectivity index is 1.40. The van der Waals surface area contributed by atoms with Gasteiger partial charge in [-0.05, 0) is 42.3 Å². The van der Waals surface area contributed by atoms with Crippen LogP contribution in [0, 0.1) is 0 Å². The molecule has 0 spiro atoms. The maximum atomic E-state index is 9.55. The van der Waals surface area contributed by atoms with Crippen LogP contribution in [0.3, 0.4) is 0 Å². The van der Waals surface area contributed by atoms with Gasteiger partial charge in [-0.2, -0.15) is 0 Å². The topological polar surface area (TPSA) is 75.4 Å². The Labute approximate surface area is 187 Å². The molecular formula is C25H29N5O2. The molecule has 7 heteroatoms. The molecule has 1 fully saturated rings. The van der Waals surface area contributed by atoms with Crippen LogP contribution >= 0.6 is 0 Å². The first-order valence-corrected chi connectivity index (χ1v) is 11.3. The third-order valence-electron chi connectivity index (χ3n) is 6.08. The fourth-order valence-electron chi connectivity index (χ4n) is 4.36. The zero-order chi connectivity index (χ0) is 21.8. The lowest BCUT2D eigenvalue weighted by Gasteiger charge is -2.26. The number of para-hydroxylation sites is 1. The summed E-state index contributed by atoms with van der Waals surface area (Å²) in [4.78, 5) is 11.9. The summed E-state index contributed by atoms with van der Waals surface area (Å²) in [6, 6.07) is 16.3. The summed E-state index contributed by atoms with van der Waals surface area (Å²) in [7, 11) is 0. The summed E-state index contributed by atoms with van der Waals surface area (Å²) >= 11 is 0. The van der Waals surface area contributed by atoms with Gasteiger partial charge in [0, 0.05) is 31.2 Å². The van der Waals surface area contributed by atoms with Crippen LogP contribution in [-0.2, 0) is 17.9 Å². The summed E-state index contributed by atoms with van der Waals surface area (Å²) in [6.07, 6.45) is 2.89. The Morgan fingerprint density at radius 3 is 2.81 bits per heavy atom. The van der Waals surface area contributed by atoms with E-state index in [1.165, 1.54) is 0 Å². The van der Waals surface area contributed by atoms with Gasteiger partial charge in [0.25, 0.3) is 0 Å². The Hall–Kier alpha value is -3.00. The number of aliphatic hydroxyl groups excluding tert-OH is 1. The SMILES string of the molecule is OCc1ccc2c(c1)nc(NCCCN1CCOCC1)n2Cc1cccc2cccnc12. The minimum atomic E-state index is 0.0123. The van der Waals surface area contributed by atoms with Gasteiger partial charge in [0.05, 0.1) is 42.9 Å². The zero-order valence-corrected chi connectivity index (χ0v) is 18.2. The van der Waals surface area contributed by atoms with Crippen LogP contribution in [-0.4, -0.2) is 63.9 Å². The van der Waals surface area contributed by atoms with Crippen LogP contribution in [0.5, 0.6) is 0 Å². The molecule has 1 aliphatic heterocycles. The number of pyridine rings is 1. The number of hydrogen-bond donors (Lipinski definition) is 2. The van der Waals surface area contributed by atoms with Gasteiger partial charge in [-0.25, -0.2) is 4.98 Å². The molecule has 1 saturated heterocycles. The largest absolute Gasteiger partial charge is 0.392 e. The number of benzene rings is 2. The van der Waals surface area contributed by atoms with Crippen molar-refractivity contribution in [2.45, 2.75) is 19.6 Å². The summed E-state index contributed by atoms with van der Waals surface area (Å²) < 4.78 is 7.65. The van der Waals surface area contributed by atoms with Crippen molar-refractivity contribution in [3.05, 3.63) is 65.9 Å². The quantitative estimate of drug-likeness (QED) is 0.417. The minimum Gasteiger partial charge on any atom is -0.392 e. The van der Waals surface area contributed by atoms with Crippen LogP contribution < -0.4 is 5.32 Å². The second kappa shape index (κ2) is 9.65. The molecule has 0 saturated carbocycles. The maximum Gasteiger partial charge on any atom is 0.204 e. The average molecular weight is 432 g/mol. The van der Waals surface area contributed by atoms with E-state index in [-0.39, 0.29) is 6.61 Å². The van der Waals surface area contributed by atoms with E-state index >= 15 is 0 Å². The monoisotopic (exact) mass is 431 g/mol. The van der Waals surface area contributed by atoms with E-state index in [0.29, 0.717) is 6.54 Å². The van der Waals surface area contributed by atoms with Crippen molar-refractivity contribution in [2.75, 3.05) is 44.7 Å². The van der Waals surface area contributed by atoms with Crippen molar-refractivity contribution in [2.24, 2.45) is 0 Å². The first-order valence-electron chi connectivity index (χ1n) is 11.3. The molecule has 4 aromatic rings. The summed E-state index contributed by atoms with van der Waals surface area (Å²) in [5.74, 6) is 0.852. The van der Waals surface area contributed by atoms with Crippen LogP contribution in [0.25, 0.3) is 21.9 Å². The molecule has 0 unspecified atom stereocenters. The van der Waals surface area contributed by atoms with Gasteiger partial charge < -0.3 is 19.7 Å². The highest BCUT2D eigenvalue weighted by Crippen LogP contribution is 2.25. The number of anilines is 1. The normalized spacial score (nSPS) is 14.9. The lowest BCUT2D eigenvalue weighted by atomic mass is 10.1. The molecular weight excluding hydrogens is 402 g/mol. The number of nitrogens with zero attached hydrogens (tertiary/aromatic N) is 4. The second-order valence-electron chi connectivity index (χ2n) is 8.23. The highest BCUT2D eigenvalue weighted by Gasteiger charge is 2.14. The highest BCUT2D eigenvalue weighted by molar-refractivity contribution is 5.83. The summed E-state index contributed by atoms with van der Waals surface area (Å²) in [6.45, 7) is 6.27. The Morgan fingerprint density at radius 2 is 1.94 bits per heavy atom. The van der Waals surface area contributed by atoms with Crippen LogP contribution in [0.1, 0.15) is 17.5 Å². The van der Waals surface area contributed by atoms with Gasteiger partial charge in [0.15, 0.2) is 0 Å². The zero-order valence-electron chi connectivity index (χ0n) is 18.2. The second-order valence-corrected chi connectivity index (χ2v) is 8.23. The van der Waals surface area contributed by atoms with Gasteiger partial charge in [-0.3, -0.25) is 9.88 Å². The third kappa shape index (κ3) is 4.46. The van der Waals surface area contributed by atoms with E-state index in [4.69, 9.17) is 9.72 Å². The van der Waals surface area contributed by atoms with Crippen molar-refractivity contribution in [3.63, 3.8) is 0 Å². The van der Waals surface area contributed by atoms with Crippen LogP contribution in [0.15, 0.2) is 54.7 Å². The standard InChI is InChI=1S/C25H29N5O2/c31-18-19-7-8-23-22(16-19)28-25(27-10-3-11-29-12-14-32-15-13-29)30(23)17-21-5-1-4-20-6-2-9-26-24(20)21/h1-2,4-9,16,31H,3,10-15,17-18H2,(H,27,28). The molecule has 2 aromatic carbocycles. The summed E-state index contributed by atoms with van der Waals surface area (Å²) in [5.41, 5.74) is 4.98. The molecule has 0 aliphatic carbocycles. The highest BCUT2D eigenvalue weighted by atomic mass is 16.5. The number of morpholine rings is 1. The molecule has 3 heterocycles. The number of rotatable bonds is 8. The fraction of sp³-hybridized carbons (Fsp3) is 0.360. The average Bonchev–Trinajstić information content (AvgIpc) is 3.19. The fourth-order valence-corrected chi connectivity index (χ4v) is 4.36. The molecule has 2 N–H and O–H groups in total. The predicted octanol–water partition coefficient (Wildman–Crippen LogP) is 3.26. The molecule has 0 amide bonds. The lowest BCUT2D eigenvalue weighted by molar-refractivity contribution is 0.0378. The van der Waals surface area contributed by atoms with Gasteiger partial charge in [0.1, 0.15) is 0 Å². The molecule has 5 rings (SSSR count). The van der Waals surface area contributed by atoms with Gasteiger partial charge in [-0.15, -0.1) is 0 Å². The number of imidazole rings is 1. The number of aliphatic hydroxyl groups is 1. The summed E-state index contributed by atoms with van der Waals surface area (Å²) in [5, 5.41) is 14.2. The van der Waals surface area contributed by atoms with E-state index in [9.17, 15) is 5.11 Å². The molecule has 166 valence electrons. The van der Waals surface area contributed by atoms with E-state index in [0.717, 1.165) is 84.8 Å². The smallest absolute Gasteiger partial charge is 0.204 e. The third-order valence-corrected chi connectivity index (χ3v) is 6.08. The first-order chi connectivity index (χ1) is 15.8. The molecule has 7 nitrogen and oxygen atoms in total. The Bertz CT molecular complexity index is 1190. The molecule has 32 heavy (non-hydrogen) atoms. The van der Waals surface area contributed by atoms with E-state index in [1.54, 1.807) is 0 Å². The molecule has 0 atom stereocenters. The van der Waals surface area contributed by atoms with Crippen molar-refractivity contribution >= 4 is 27.9 Å².